The minimum Gasteiger partial charge on any atom is -0.273 e. The van der Waals surface area contributed by atoms with Gasteiger partial charge in [0.2, 0.25) is 11.8 Å². The highest BCUT2D eigenvalue weighted by atomic mass is 16.2. The van der Waals surface area contributed by atoms with E-state index in [9.17, 15) is 19.2 Å². The molecule has 0 saturated heterocycles. The van der Waals surface area contributed by atoms with Crippen molar-refractivity contribution >= 4 is 23.6 Å². The number of carbonyl (C=O) groups excluding carboxylic acids is 4. The third-order valence-corrected chi connectivity index (χ3v) is 10.6. The number of unbranched alkanes of at least 4 members (excludes halogenated alkanes) is 30. The van der Waals surface area contributed by atoms with Gasteiger partial charge in [-0.05, 0) is 37.1 Å². The number of hydrazine groups is 2. The molecule has 54 heavy (non-hydrogen) atoms. The number of hydrogen-bond acceptors (Lipinski definition) is 4. The molecule has 0 unspecified atom stereocenters. The van der Waals surface area contributed by atoms with Crippen molar-refractivity contribution in [2.75, 3.05) is 0 Å². The number of benzene rings is 1. The molecule has 1 aromatic carbocycles. The summed E-state index contributed by atoms with van der Waals surface area (Å²) >= 11 is 0. The van der Waals surface area contributed by atoms with Crippen LogP contribution in [-0.2, 0) is 9.59 Å². The van der Waals surface area contributed by atoms with Crippen LogP contribution in [0.5, 0.6) is 0 Å². The smallest absolute Gasteiger partial charge is 0.269 e. The van der Waals surface area contributed by atoms with Crippen molar-refractivity contribution in [3.63, 3.8) is 0 Å². The monoisotopic (exact) mass is 755 g/mol. The Balaban J connectivity index is 1.99. The van der Waals surface area contributed by atoms with Gasteiger partial charge in [0, 0.05) is 24.0 Å². The van der Waals surface area contributed by atoms with Crippen LogP contribution in [0.4, 0.5) is 0 Å². The van der Waals surface area contributed by atoms with Crippen molar-refractivity contribution in [3.8, 4) is 0 Å². The van der Waals surface area contributed by atoms with Gasteiger partial charge in [0.1, 0.15) is 0 Å². The summed E-state index contributed by atoms with van der Waals surface area (Å²) in [7, 11) is 0. The fourth-order valence-corrected chi connectivity index (χ4v) is 6.96. The molecule has 1 aromatic rings. The second kappa shape index (κ2) is 37.0. The second-order valence-electron chi connectivity index (χ2n) is 15.7. The summed E-state index contributed by atoms with van der Waals surface area (Å²) in [6.45, 7) is 4.54. The summed E-state index contributed by atoms with van der Waals surface area (Å²) in [5, 5.41) is 0. The number of nitrogens with one attached hydrogen (secondary N) is 4. The number of hydrogen-bond donors (Lipinski definition) is 4. The summed E-state index contributed by atoms with van der Waals surface area (Å²) in [5.41, 5.74) is 10.5. The molecule has 0 aromatic heterocycles. The van der Waals surface area contributed by atoms with Crippen molar-refractivity contribution in [2.24, 2.45) is 0 Å². The highest BCUT2D eigenvalue weighted by Crippen LogP contribution is 2.16. The SMILES string of the molecule is CCCCCCCCCCCCCCCCCCC(=O)NNC(=O)c1ccc(C(=O)NNC(=O)CCCCCCCCCCCCCCCCCC)cc1. The Bertz CT molecular complexity index is 978. The second-order valence-corrected chi connectivity index (χ2v) is 15.7. The van der Waals surface area contributed by atoms with Crippen molar-refractivity contribution in [3.05, 3.63) is 35.4 Å². The molecule has 8 heteroatoms. The minimum absolute atomic E-state index is 0.208. The molecule has 8 nitrogen and oxygen atoms in total. The van der Waals surface area contributed by atoms with Gasteiger partial charge < -0.3 is 0 Å². The lowest BCUT2D eigenvalue weighted by Gasteiger charge is -2.09. The Kier molecular flexibility index (Phi) is 33.7. The maximum atomic E-state index is 12.5. The van der Waals surface area contributed by atoms with E-state index in [1.54, 1.807) is 0 Å². The van der Waals surface area contributed by atoms with Gasteiger partial charge >= 0.3 is 0 Å². The fraction of sp³-hybridized carbons (Fsp3) is 0.783. The summed E-state index contributed by atoms with van der Waals surface area (Å²) < 4.78 is 0. The molecule has 0 bridgehead atoms. The predicted molar refractivity (Wildman–Crippen MR) is 226 cm³/mol. The van der Waals surface area contributed by atoms with Crippen LogP contribution in [0.3, 0.4) is 0 Å². The van der Waals surface area contributed by atoms with Gasteiger partial charge in [0.25, 0.3) is 11.8 Å². The molecule has 310 valence electrons. The zero-order valence-electron chi connectivity index (χ0n) is 35.0. The number of carbonyl (C=O) groups is 4. The summed E-state index contributed by atoms with van der Waals surface area (Å²) in [6.07, 6.45) is 41.9. The van der Waals surface area contributed by atoms with Crippen molar-refractivity contribution in [1.82, 2.24) is 21.7 Å². The van der Waals surface area contributed by atoms with E-state index in [2.05, 4.69) is 35.6 Å². The van der Waals surface area contributed by atoms with Crippen molar-refractivity contribution < 1.29 is 19.2 Å². The first-order valence-electron chi connectivity index (χ1n) is 22.8. The fourth-order valence-electron chi connectivity index (χ4n) is 6.96. The lowest BCUT2D eigenvalue weighted by Crippen LogP contribution is -2.42. The first-order chi connectivity index (χ1) is 26.5. The summed E-state index contributed by atoms with van der Waals surface area (Å²) in [5.74, 6) is -1.32. The van der Waals surface area contributed by atoms with E-state index in [-0.39, 0.29) is 11.8 Å². The zero-order valence-corrected chi connectivity index (χ0v) is 35.0. The molecule has 0 radical (unpaired) electrons. The average molecular weight is 755 g/mol. The molecule has 0 fully saturated rings. The van der Waals surface area contributed by atoms with Crippen molar-refractivity contribution in [2.45, 2.75) is 232 Å². The molecule has 4 amide bonds. The molecule has 0 heterocycles. The van der Waals surface area contributed by atoms with E-state index < -0.39 is 11.8 Å². The zero-order chi connectivity index (χ0) is 39.2. The van der Waals surface area contributed by atoms with Gasteiger partial charge in [-0.25, -0.2) is 0 Å². The van der Waals surface area contributed by atoms with Crippen LogP contribution in [0, 0.1) is 0 Å². The largest absolute Gasteiger partial charge is 0.273 e. The first kappa shape index (κ1) is 49.1. The molecule has 0 aliphatic heterocycles. The van der Waals surface area contributed by atoms with Gasteiger partial charge in [-0.3, -0.25) is 40.9 Å². The molecule has 0 aliphatic rings. The van der Waals surface area contributed by atoms with E-state index in [4.69, 9.17) is 0 Å². The summed E-state index contributed by atoms with van der Waals surface area (Å²) in [6, 6.07) is 6.07. The Morgan fingerprint density at radius 1 is 0.315 bits per heavy atom. The first-order valence-corrected chi connectivity index (χ1v) is 22.8. The molecule has 0 spiro atoms. The molecule has 1 rings (SSSR count). The van der Waals surface area contributed by atoms with E-state index in [0.29, 0.717) is 24.0 Å². The van der Waals surface area contributed by atoms with Gasteiger partial charge in [0.05, 0.1) is 0 Å². The maximum Gasteiger partial charge on any atom is 0.269 e. The topological polar surface area (TPSA) is 116 Å². The third-order valence-electron chi connectivity index (χ3n) is 10.6. The highest BCUT2D eigenvalue weighted by Gasteiger charge is 2.11. The Labute approximate surface area is 331 Å². The van der Waals surface area contributed by atoms with E-state index in [0.717, 1.165) is 38.5 Å². The predicted octanol–water partition coefficient (Wildman–Crippen LogP) is 12.5. The van der Waals surface area contributed by atoms with Gasteiger partial charge in [-0.15, -0.1) is 0 Å². The van der Waals surface area contributed by atoms with Crippen LogP contribution < -0.4 is 21.7 Å². The van der Waals surface area contributed by atoms with Crippen LogP contribution in [0.25, 0.3) is 0 Å². The van der Waals surface area contributed by atoms with Gasteiger partial charge in [-0.1, -0.05) is 206 Å². The average Bonchev–Trinajstić information content (AvgIpc) is 3.18. The van der Waals surface area contributed by atoms with Crippen LogP contribution in [0.15, 0.2) is 24.3 Å². The minimum atomic E-state index is -0.450. The molecular formula is C46H82N4O4. The Morgan fingerprint density at radius 2 is 0.519 bits per heavy atom. The lowest BCUT2D eigenvalue weighted by atomic mass is 10.0. The number of amides is 4. The Morgan fingerprint density at radius 3 is 0.741 bits per heavy atom. The van der Waals surface area contributed by atoms with Gasteiger partial charge in [0.15, 0.2) is 0 Å². The van der Waals surface area contributed by atoms with Gasteiger partial charge in [-0.2, -0.15) is 0 Å². The third kappa shape index (κ3) is 30.4. The van der Waals surface area contributed by atoms with E-state index in [1.807, 2.05) is 0 Å². The van der Waals surface area contributed by atoms with Crippen LogP contribution in [-0.4, -0.2) is 23.6 Å². The molecular weight excluding hydrogens is 673 g/mol. The maximum absolute atomic E-state index is 12.5. The standard InChI is InChI=1S/C46H82N4O4/c1-3-5-7-9-11-13-15-17-19-21-23-25-27-29-31-33-35-43(51)47-49-45(53)41-37-39-42(40-38-41)46(54)50-48-44(52)36-34-32-30-28-26-24-22-20-18-16-14-12-10-8-6-4-2/h37-40H,3-36H2,1-2H3,(H,47,51)(H,48,52)(H,49,53)(H,50,54). The molecule has 0 aliphatic carbocycles. The Hall–Kier alpha value is -2.90. The van der Waals surface area contributed by atoms with Crippen LogP contribution >= 0.6 is 0 Å². The molecule has 0 atom stereocenters. The van der Waals surface area contributed by atoms with E-state index >= 15 is 0 Å². The lowest BCUT2D eigenvalue weighted by molar-refractivity contribution is -0.122. The number of rotatable bonds is 36. The molecule has 0 saturated carbocycles. The normalized spacial score (nSPS) is 11.0. The van der Waals surface area contributed by atoms with Crippen molar-refractivity contribution in [1.29, 1.82) is 0 Å². The summed E-state index contributed by atoms with van der Waals surface area (Å²) in [4.78, 5) is 49.3. The van der Waals surface area contributed by atoms with Crippen LogP contribution in [0.2, 0.25) is 0 Å². The van der Waals surface area contributed by atoms with Crippen LogP contribution in [0.1, 0.15) is 253 Å². The highest BCUT2D eigenvalue weighted by molar-refractivity contribution is 5.98. The van der Waals surface area contributed by atoms with E-state index in [1.165, 1.54) is 191 Å². The molecule has 4 N–H and O–H groups in total. The quantitative estimate of drug-likeness (QED) is 0.0403.